The molecule has 7 heteroatoms. The predicted octanol–water partition coefficient (Wildman–Crippen LogP) is 3.80. The zero-order valence-electron chi connectivity index (χ0n) is 18.4. The minimum Gasteiger partial charge on any atom is -0.489 e. The molecule has 1 aliphatic heterocycles. The van der Waals surface area contributed by atoms with Crippen molar-refractivity contribution in [1.82, 2.24) is 20.4 Å². The third kappa shape index (κ3) is 5.22. The number of nitrogens with one attached hydrogen (secondary N) is 3. The Morgan fingerprint density at radius 3 is 2.55 bits per heavy atom. The van der Waals surface area contributed by atoms with Crippen molar-refractivity contribution in [3.8, 4) is 5.75 Å². The fourth-order valence-corrected chi connectivity index (χ4v) is 3.99. The molecule has 0 unspecified atom stereocenters. The maximum Gasteiger partial charge on any atom is 0.256 e. The van der Waals surface area contributed by atoms with Crippen LogP contribution in [0, 0.1) is 0 Å². The van der Waals surface area contributed by atoms with Crippen LogP contribution < -0.4 is 15.4 Å². The van der Waals surface area contributed by atoms with Crippen LogP contribution in [-0.4, -0.2) is 47.2 Å². The molecule has 5 rings (SSSR count). The molecule has 1 fully saturated rings. The number of benzene rings is 3. The van der Waals surface area contributed by atoms with E-state index in [0.29, 0.717) is 18.0 Å². The van der Waals surface area contributed by atoms with Crippen LogP contribution in [0.5, 0.6) is 5.75 Å². The normalized spacial score (nSPS) is 14.3. The highest BCUT2D eigenvalue weighted by molar-refractivity contribution is 6.08. The first kappa shape index (κ1) is 21.2. The number of hydrogen-bond donors (Lipinski definition) is 3. The summed E-state index contributed by atoms with van der Waals surface area (Å²) in [5.74, 6) is 1.03. The molecule has 7 nitrogen and oxygen atoms in total. The number of ether oxygens (including phenoxy) is 1. The Bertz CT molecular complexity index is 1210. The van der Waals surface area contributed by atoms with E-state index in [-0.39, 0.29) is 5.91 Å². The number of aromatic amines is 1. The van der Waals surface area contributed by atoms with Crippen LogP contribution in [0.2, 0.25) is 0 Å². The maximum absolute atomic E-state index is 12.8. The Balaban J connectivity index is 1.24. The summed E-state index contributed by atoms with van der Waals surface area (Å²) in [7, 11) is 0. The Morgan fingerprint density at radius 1 is 0.970 bits per heavy atom. The number of piperazine rings is 1. The highest BCUT2D eigenvalue weighted by Gasteiger charge is 2.14. The zero-order valence-corrected chi connectivity index (χ0v) is 18.4. The Labute approximate surface area is 192 Å². The molecule has 1 aliphatic rings. The lowest BCUT2D eigenvalue weighted by Crippen LogP contribution is -2.42. The molecule has 0 bridgehead atoms. The van der Waals surface area contributed by atoms with Crippen LogP contribution in [0.1, 0.15) is 21.5 Å². The van der Waals surface area contributed by atoms with Gasteiger partial charge in [-0.1, -0.05) is 42.5 Å². The van der Waals surface area contributed by atoms with E-state index >= 15 is 0 Å². The van der Waals surface area contributed by atoms with Crippen molar-refractivity contribution in [3.05, 3.63) is 89.5 Å². The first-order chi connectivity index (χ1) is 16.2. The van der Waals surface area contributed by atoms with Crippen LogP contribution >= 0.6 is 0 Å². The second-order valence-corrected chi connectivity index (χ2v) is 8.23. The minimum absolute atomic E-state index is 0.187. The molecule has 33 heavy (non-hydrogen) atoms. The Morgan fingerprint density at radius 2 is 1.76 bits per heavy atom. The molecule has 1 amide bonds. The van der Waals surface area contributed by atoms with E-state index in [1.165, 1.54) is 5.56 Å². The van der Waals surface area contributed by atoms with Crippen molar-refractivity contribution in [3.63, 3.8) is 0 Å². The van der Waals surface area contributed by atoms with Gasteiger partial charge in [0.15, 0.2) is 5.82 Å². The third-order valence-electron chi connectivity index (χ3n) is 5.85. The van der Waals surface area contributed by atoms with E-state index in [4.69, 9.17) is 4.74 Å². The fraction of sp³-hybridized carbons (Fsp3) is 0.231. The molecule has 1 saturated heterocycles. The minimum atomic E-state index is -0.187. The van der Waals surface area contributed by atoms with Crippen LogP contribution in [-0.2, 0) is 13.2 Å². The van der Waals surface area contributed by atoms with Crippen LogP contribution in [0.15, 0.2) is 72.8 Å². The first-order valence-electron chi connectivity index (χ1n) is 11.2. The van der Waals surface area contributed by atoms with Crippen molar-refractivity contribution >= 4 is 22.6 Å². The molecular weight excluding hydrogens is 414 g/mol. The predicted molar refractivity (Wildman–Crippen MR) is 129 cm³/mol. The average molecular weight is 442 g/mol. The standard InChI is InChI=1S/C26H27N5O2/c32-26(21-8-6-19(7-9-21)17-31-14-12-27-13-15-31)28-25-23-16-22(10-11-24(23)29-30-25)33-18-20-4-2-1-3-5-20/h1-11,16,27H,12-15,17-18H2,(H2,28,29,30,32). The summed E-state index contributed by atoms with van der Waals surface area (Å²) in [5.41, 5.74) is 3.74. The number of anilines is 1. The van der Waals surface area contributed by atoms with Crippen LogP contribution in [0.25, 0.3) is 10.9 Å². The summed E-state index contributed by atoms with van der Waals surface area (Å²) in [6.07, 6.45) is 0. The number of hydrogen-bond acceptors (Lipinski definition) is 5. The number of amides is 1. The number of aromatic nitrogens is 2. The van der Waals surface area contributed by atoms with Gasteiger partial charge in [0.2, 0.25) is 0 Å². The zero-order chi connectivity index (χ0) is 22.5. The van der Waals surface area contributed by atoms with Crippen molar-refractivity contribution in [2.45, 2.75) is 13.2 Å². The molecular formula is C26H27N5O2. The highest BCUT2D eigenvalue weighted by atomic mass is 16.5. The molecule has 4 aromatic rings. The van der Waals surface area contributed by atoms with Gasteiger partial charge >= 0.3 is 0 Å². The van der Waals surface area contributed by atoms with Gasteiger partial charge in [0.05, 0.1) is 5.52 Å². The maximum atomic E-state index is 12.8. The smallest absolute Gasteiger partial charge is 0.256 e. The number of rotatable bonds is 7. The van der Waals surface area contributed by atoms with E-state index in [2.05, 4.69) is 25.7 Å². The first-order valence-corrected chi connectivity index (χ1v) is 11.2. The van der Waals surface area contributed by atoms with E-state index in [1.807, 2.05) is 72.8 Å². The summed E-state index contributed by atoms with van der Waals surface area (Å²) < 4.78 is 5.93. The molecule has 0 saturated carbocycles. The monoisotopic (exact) mass is 441 g/mol. The molecule has 0 radical (unpaired) electrons. The Hall–Kier alpha value is -3.68. The van der Waals surface area contributed by atoms with Crippen LogP contribution in [0.4, 0.5) is 5.82 Å². The van der Waals surface area contributed by atoms with Crippen molar-refractivity contribution in [2.24, 2.45) is 0 Å². The number of fused-ring (bicyclic) bond motifs is 1. The quantitative estimate of drug-likeness (QED) is 0.406. The van der Waals surface area contributed by atoms with Gasteiger partial charge in [-0.25, -0.2) is 0 Å². The largest absolute Gasteiger partial charge is 0.489 e. The molecule has 0 atom stereocenters. The van der Waals surface area contributed by atoms with Gasteiger partial charge in [0.1, 0.15) is 12.4 Å². The average Bonchev–Trinajstić information content (AvgIpc) is 3.26. The second kappa shape index (κ2) is 9.85. The van der Waals surface area contributed by atoms with E-state index in [0.717, 1.165) is 54.9 Å². The van der Waals surface area contributed by atoms with E-state index in [1.54, 1.807) is 0 Å². The molecule has 3 N–H and O–H groups in total. The van der Waals surface area contributed by atoms with Gasteiger partial charge in [0.25, 0.3) is 5.91 Å². The molecule has 0 aliphatic carbocycles. The topological polar surface area (TPSA) is 82.3 Å². The highest BCUT2D eigenvalue weighted by Crippen LogP contribution is 2.26. The van der Waals surface area contributed by atoms with Crippen LogP contribution in [0.3, 0.4) is 0 Å². The number of carbonyl (C=O) groups excluding carboxylic acids is 1. The van der Waals surface area contributed by atoms with Gasteiger partial charge in [0, 0.05) is 43.7 Å². The lowest BCUT2D eigenvalue weighted by Gasteiger charge is -2.27. The molecule has 1 aromatic heterocycles. The molecule has 3 aromatic carbocycles. The number of H-pyrrole nitrogens is 1. The summed E-state index contributed by atoms with van der Waals surface area (Å²) in [5, 5.41) is 14.4. The van der Waals surface area contributed by atoms with Crippen molar-refractivity contribution in [2.75, 3.05) is 31.5 Å². The van der Waals surface area contributed by atoms with Crippen molar-refractivity contribution < 1.29 is 9.53 Å². The lowest BCUT2D eigenvalue weighted by molar-refractivity contribution is 0.102. The lowest BCUT2D eigenvalue weighted by atomic mass is 10.1. The summed E-state index contributed by atoms with van der Waals surface area (Å²) in [6, 6.07) is 23.5. The number of carbonyl (C=O) groups is 1. The summed E-state index contributed by atoms with van der Waals surface area (Å²) in [4.78, 5) is 15.3. The van der Waals surface area contributed by atoms with Gasteiger partial charge < -0.3 is 15.4 Å². The summed E-state index contributed by atoms with van der Waals surface area (Å²) >= 11 is 0. The fourth-order valence-electron chi connectivity index (χ4n) is 3.99. The van der Waals surface area contributed by atoms with Crippen molar-refractivity contribution in [1.29, 1.82) is 0 Å². The molecule has 0 spiro atoms. The van der Waals surface area contributed by atoms with E-state index < -0.39 is 0 Å². The third-order valence-corrected chi connectivity index (χ3v) is 5.85. The second-order valence-electron chi connectivity index (χ2n) is 8.23. The van der Waals surface area contributed by atoms with Gasteiger partial charge in [-0.2, -0.15) is 5.10 Å². The summed E-state index contributed by atoms with van der Waals surface area (Å²) in [6.45, 7) is 5.52. The van der Waals surface area contributed by atoms with E-state index in [9.17, 15) is 4.79 Å². The van der Waals surface area contributed by atoms with Gasteiger partial charge in [-0.05, 0) is 41.5 Å². The molecule has 2 heterocycles. The Kier molecular flexibility index (Phi) is 6.32. The molecule has 168 valence electrons. The van der Waals surface area contributed by atoms with Gasteiger partial charge in [-0.3, -0.25) is 14.8 Å². The SMILES string of the molecule is O=C(Nc1n[nH]c2ccc(OCc3ccccc3)cc12)c1ccc(CN2CCNCC2)cc1. The van der Waals surface area contributed by atoms with Gasteiger partial charge in [-0.15, -0.1) is 0 Å². The number of nitrogens with zero attached hydrogens (tertiary/aromatic N) is 2.